The van der Waals surface area contributed by atoms with Crippen molar-refractivity contribution < 1.29 is 18.6 Å². The summed E-state index contributed by atoms with van der Waals surface area (Å²) in [5.74, 6) is 2.42. The van der Waals surface area contributed by atoms with E-state index in [-0.39, 0.29) is 18.5 Å². The van der Waals surface area contributed by atoms with Gasteiger partial charge in [-0.25, -0.2) is 4.39 Å². The second-order valence-electron chi connectivity index (χ2n) is 6.26. The van der Waals surface area contributed by atoms with E-state index in [0.717, 1.165) is 54.4 Å². The third-order valence-electron chi connectivity index (χ3n) is 4.79. The van der Waals surface area contributed by atoms with Gasteiger partial charge < -0.3 is 14.2 Å². The fraction of sp³-hybridized carbons (Fsp3) is 0.368. The van der Waals surface area contributed by atoms with Gasteiger partial charge in [0, 0.05) is 30.6 Å². The molecule has 0 saturated carbocycles. The Morgan fingerprint density at radius 1 is 1.21 bits per heavy atom. The number of benzene rings is 2. The van der Waals surface area contributed by atoms with Crippen molar-refractivity contribution in [3.8, 4) is 17.2 Å². The molecule has 1 saturated heterocycles. The maximum Gasteiger partial charge on any atom is 0.231 e. The molecule has 0 unspecified atom stereocenters. The normalized spacial score (nSPS) is 19.7. The van der Waals surface area contributed by atoms with Crippen molar-refractivity contribution >= 4 is 0 Å². The first kappa shape index (κ1) is 15.3. The number of fused-ring (bicyclic) bond motifs is 1. The lowest BCUT2D eigenvalue weighted by Crippen LogP contribution is -2.20. The zero-order valence-corrected chi connectivity index (χ0v) is 13.6. The predicted octanol–water partition coefficient (Wildman–Crippen LogP) is 3.55. The molecule has 0 aromatic heterocycles. The first-order valence-corrected chi connectivity index (χ1v) is 8.18. The van der Waals surface area contributed by atoms with Gasteiger partial charge in [0.25, 0.3) is 0 Å². The molecule has 0 bridgehead atoms. The molecule has 2 heterocycles. The summed E-state index contributed by atoms with van der Waals surface area (Å²) in [6.45, 7) is 2.79. The lowest BCUT2D eigenvalue weighted by molar-refractivity contribution is 0.174. The Labute approximate surface area is 140 Å². The predicted molar refractivity (Wildman–Crippen MR) is 88.2 cm³/mol. The lowest BCUT2D eigenvalue weighted by atomic mass is 9.98. The lowest BCUT2D eigenvalue weighted by Gasteiger charge is -2.18. The fourth-order valence-corrected chi connectivity index (χ4v) is 3.56. The summed E-state index contributed by atoms with van der Waals surface area (Å²) in [4.78, 5) is 2.33. The van der Waals surface area contributed by atoms with E-state index in [0.29, 0.717) is 0 Å². The Hall–Kier alpha value is -2.27. The van der Waals surface area contributed by atoms with Gasteiger partial charge in [-0.15, -0.1) is 0 Å². The average Bonchev–Trinajstić information content (AvgIpc) is 3.23. The molecule has 0 radical (unpaired) electrons. The largest absolute Gasteiger partial charge is 0.496 e. The van der Waals surface area contributed by atoms with Crippen LogP contribution in [-0.2, 0) is 6.54 Å². The van der Waals surface area contributed by atoms with Crippen molar-refractivity contribution in [2.24, 2.45) is 0 Å². The molecule has 4 rings (SSSR count). The van der Waals surface area contributed by atoms with Crippen LogP contribution in [0.25, 0.3) is 0 Å². The van der Waals surface area contributed by atoms with Crippen LogP contribution in [0.2, 0.25) is 0 Å². The van der Waals surface area contributed by atoms with Crippen molar-refractivity contribution in [1.82, 2.24) is 4.90 Å². The number of methoxy groups -OCH3 is 1. The number of nitrogens with zero attached hydrogens (tertiary/aromatic N) is 1. The van der Waals surface area contributed by atoms with Crippen LogP contribution in [0.4, 0.5) is 4.39 Å². The zero-order chi connectivity index (χ0) is 16.5. The van der Waals surface area contributed by atoms with Crippen LogP contribution in [-0.4, -0.2) is 31.9 Å². The highest BCUT2D eigenvalue weighted by atomic mass is 19.1. The van der Waals surface area contributed by atoms with Crippen LogP contribution in [0.3, 0.4) is 0 Å². The number of likely N-dealkylation sites (tertiary alicyclic amines) is 1. The molecular weight excluding hydrogens is 309 g/mol. The van der Waals surface area contributed by atoms with Gasteiger partial charge >= 0.3 is 0 Å². The summed E-state index contributed by atoms with van der Waals surface area (Å²) < 4.78 is 30.3. The van der Waals surface area contributed by atoms with E-state index in [2.05, 4.69) is 4.90 Å². The van der Waals surface area contributed by atoms with E-state index < -0.39 is 0 Å². The van der Waals surface area contributed by atoms with Crippen LogP contribution < -0.4 is 14.2 Å². The summed E-state index contributed by atoms with van der Waals surface area (Å²) >= 11 is 0. The van der Waals surface area contributed by atoms with E-state index in [4.69, 9.17) is 14.2 Å². The highest BCUT2D eigenvalue weighted by Crippen LogP contribution is 2.39. The topological polar surface area (TPSA) is 30.9 Å². The van der Waals surface area contributed by atoms with E-state index in [1.165, 1.54) is 0 Å². The Morgan fingerprint density at radius 3 is 2.79 bits per heavy atom. The summed E-state index contributed by atoms with van der Waals surface area (Å²) in [7, 11) is 1.66. The van der Waals surface area contributed by atoms with Crippen molar-refractivity contribution in [2.45, 2.75) is 18.9 Å². The summed E-state index contributed by atoms with van der Waals surface area (Å²) in [5, 5.41) is 0. The molecular formula is C19H20FNO3. The van der Waals surface area contributed by atoms with Gasteiger partial charge in [0.1, 0.15) is 11.6 Å². The van der Waals surface area contributed by atoms with Gasteiger partial charge in [-0.05, 0) is 30.7 Å². The third-order valence-corrected chi connectivity index (χ3v) is 4.79. The summed E-state index contributed by atoms with van der Waals surface area (Å²) in [6, 6.07) is 10.9. The third kappa shape index (κ3) is 2.80. The Bertz CT molecular complexity index is 749. The number of hydrogen-bond donors (Lipinski definition) is 0. The zero-order valence-electron chi connectivity index (χ0n) is 13.6. The molecule has 0 aliphatic carbocycles. The number of rotatable bonds is 4. The van der Waals surface area contributed by atoms with Crippen molar-refractivity contribution in [1.29, 1.82) is 0 Å². The van der Waals surface area contributed by atoms with Crippen LogP contribution in [0, 0.1) is 5.82 Å². The van der Waals surface area contributed by atoms with Gasteiger partial charge in [-0.3, -0.25) is 4.90 Å². The van der Waals surface area contributed by atoms with Gasteiger partial charge in [0.05, 0.1) is 7.11 Å². The molecule has 0 amide bonds. The van der Waals surface area contributed by atoms with Crippen molar-refractivity contribution in [3.63, 3.8) is 0 Å². The molecule has 0 spiro atoms. The number of ether oxygens (including phenoxy) is 3. The number of hydrogen-bond acceptors (Lipinski definition) is 4. The van der Waals surface area contributed by atoms with E-state index in [1.807, 2.05) is 24.3 Å². The highest BCUT2D eigenvalue weighted by molar-refractivity contribution is 5.51. The van der Waals surface area contributed by atoms with Crippen LogP contribution >= 0.6 is 0 Å². The van der Waals surface area contributed by atoms with Crippen molar-refractivity contribution in [3.05, 3.63) is 53.3 Å². The molecule has 2 aromatic carbocycles. The Kier molecular flexibility index (Phi) is 4.02. The maximum atomic E-state index is 14.0. The van der Waals surface area contributed by atoms with Gasteiger partial charge in [0.15, 0.2) is 11.5 Å². The SMILES string of the molecule is COc1cc2c(cc1CN1CC[C@@H](c3ccccc3F)C1)OCO2. The molecule has 2 aliphatic rings. The van der Waals surface area contributed by atoms with Gasteiger partial charge in [-0.1, -0.05) is 18.2 Å². The Morgan fingerprint density at radius 2 is 2.00 bits per heavy atom. The summed E-state index contributed by atoms with van der Waals surface area (Å²) in [6.07, 6.45) is 0.966. The van der Waals surface area contributed by atoms with Crippen LogP contribution in [0.1, 0.15) is 23.5 Å². The molecule has 24 heavy (non-hydrogen) atoms. The minimum absolute atomic E-state index is 0.106. The van der Waals surface area contributed by atoms with E-state index in [9.17, 15) is 4.39 Å². The van der Waals surface area contributed by atoms with Gasteiger partial charge in [0.2, 0.25) is 6.79 Å². The second kappa shape index (κ2) is 6.32. The Balaban J connectivity index is 1.50. The minimum Gasteiger partial charge on any atom is -0.496 e. The van der Waals surface area contributed by atoms with E-state index >= 15 is 0 Å². The molecule has 2 aromatic rings. The van der Waals surface area contributed by atoms with Crippen LogP contribution in [0.15, 0.2) is 36.4 Å². The standard InChI is InChI=1S/C19H20FNO3/c1-22-17-9-19-18(23-12-24-19)8-14(17)11-21-7-6-13(10-21)15-4-2-3-5-16(15)20/h2-5,8-9,13H,6-7,10-12H2,1H3/t13-/m1/s1. The maximum absolute atomic E-state index is 14.0. The highest BCUT2D eigenvalue weighted by Gasteiger charge is 2.27. The molecule has 2 aliphatic heterocycles. The smallest absolute Gasteiger partial charge is 0.231 e. The average molecular weight is 329 g/mol. The first-order valence-electron chi connectivity index (χ1n) is 8.18. The molecule has 0 N–H and O–H groups in total. The molecule has 1 fully saturated rings. The molecule has 5 heteroatoms. The minimum atomic E-state index is -0.106. The van der Waals surface area contributed by atoms with Gasteiger partial charge in [-0.2, -0.15) is 0 Å². The quantitative estimate of drug-likeness (QED) is 0.858. The molecule has 126 valence electrons. The summed E-state index contributed by atoms with van der Waals surface area (Å²) in [5.41, 5.74) is 1.88. The van der Waals surface area contributed by atoms with Crippen LogP contribution in [0.5, 0.6) is 17.2 Å². The monoisotopic (exact) mass is 329 g/mol. The molecule has 1 atom stereocenters. The first-order chi connectivity index (χ1) is 11.7. The van der Waals surface area contributed by atoms with Crippen molar-refractivity contribution in [2.75, 3.05) is 27.0 Å². The van der Waals surface area contributed by atoms with E-state index in [1.54, 1.807) is 19.2 Å². The number of halogens is 1. The fourth-order valence-electron chi connectivity index (χ4n) is 3.56. The molecule has 4 nitrogen and oxygen atoms in total. The second-order valence-corrected chi connectivity index (χ2v) is 6.26.